The molecule has 0 nitrogen and oxygen atoms in total. The van der Waals surface area contributed by atoms with Crippen LogP contribution in [0.3, 0.4) is 0 Å². The van der Waals surface area contributed by atoms with Crippen LogP contribution in [0.5, 0.6) is 0 Å². The van der Waals surface area contributed by atoms with E-state index in [-0.39, 0.29) is 11.4 Å². The van der Waals surface area contributed by atoms with E-state index in [2.05, 4.69) is 0 Å². The van der Waals surface area contributed by atoms with Gasteiger partial charge in [0, 0.05) is 5.56 Å². The molecule has 0 fully saturated rings. The molecule has 6 heteroatoms. The van der Waals surface area contributed by atoms with E-state index in [1.165, 1.54) is 0 Å². The monoisotopic (exact) mass is 211 g/mol. The molecule has 0 spiro atoms. The van der Waals surface area contributed by atoms with E-state index in [1.807, 2.05) is 0 Å². The molecule has 0 aliphatic carbocycles. The molecule has 1 aromatic rings. The average molecular weight is 211 g/mol. The van der Waals surface area contributed by atoms with E-state index in [0.717, 1.165) is 12.1 Å². The molecular weight excluding hydrogens is 206 g/mol. The van der Waals surface area contributed by atoms with E-state index >= 15 is 0 Å². The van der Waals surface area contributed by atoms with Gasteiger partial charge in [-0.1, -0.05) is 18.2 Å². The first-order valence-electron chi connectivity index (χ1n) is 3.49. The van der Waals surface area contributed by atoms with Crippen LogP contribution in [-0.2, 0) is 5.88 Å². The highest BCUT2D eigenvalue weighted by molar-refractivity contribution is 6.73. The van der Waals surface area contributed by atoms with E-state index in [9.17, 15) is 17.3 Å². The van der Waals surface area contributed by atoms with Crippen molar-refractivity contribution in [3.63, 3.8) is 0 Å². The lowest BCUT2D eigenvalue weighted by molar-refractivity contribution is 0.500. The molecule has 0 radical (unpaired) electrons. The van der Waals surface area contributed by atoms with Crippen LogP contribution in [0, 0.1) is 5.82 Å². The first kappa shape index (κ1) is 10.4. The van der Waals surface area contributed by atoms with Crippen LogP contribution in [0.4, 0.5) is 17.3 Å². The number of hydrogen-bond donors (Lipinski definition) is 0. The van der Waals surface area contributed by atoms with Gasteiger partial charge in [0.15, 0.2) is 0 Å². The van der Waals surface area contributed by atoms with E-state index in [4.69, 9.17) is 11.6 Å². The number of halogens is 5. The molecule has 0 saturated carbocycles. The van der Waals surface area contributed by atoms with Crippen LogP contribution >= 0.6 is 11.6 Å². The van der Waals surface area contributed by atoms with Gasteiger partial charge in [-0.25, -0.2) is 4.39 Å². The minimum absolute atomic E-state index is 0.0745. The van der Waals surface area contributed by atoms with Crippen LogP contribution in [0.15, 0.2) is 18.2 Å². The molecule has 0 aliphatic rings. The topological polar surface area (TPSA) is 0 Å². The Balaban J connectivity index is 3.10. The lowest BCUT2D eigenvalue weighted by Crippen LogP contribution is -2.34. The minimum atomic E-state index is -5.13. The number of hydrogen-bond acceptors (Lipinski definition) is 0. The number of alkyl halides is 1. The fraction of sp³-hybridized carbons (Fsp3) is 0.143. The second kappa shape index (κ2) is 3.58. The molecule has 0 bridgehead atoms. The Morgan fingerprint density at radius 2 is 1.85 bits per heavy atom. The van der Waals surface area contributed by atoms with Gasteiger partial charge in [-0.2, -0.15) is 0 Å². The Bertz CT molecular complexity index is 310. The smallest absolute Gasteiger partial charge is 0.445 e. The molecule has 0 aliphatic heterocycles. The van der Waals surface area contributed by atoms with Crippen LogP contribution < -0.4 is 5.46 Å². The van der Waals surface area contributed by atoms with Crippen molar-refractivity contribution in [2.75, 3.05) is 0 Å². The largest absolute Gasteiger partial charge is 0.509 e. The fourth-order valence-electron chi connectivity index (χ4n) is 0.876. The number of rotatable bonds is 2. The van der Waals surface area contributed by atoms with Crippen molar-refractivity contribution < 1.29 is 17.3 Å². The third-order valence-electron chi connectivity index (χ3n) is 1.60. The molecule has 72 valence electrons. The van der Waals surface area contributed by atoms with Crippen LogP contribution in [0.2, 0.25) is 0 Å². The Kier molecular flexibility index (Phi) is 2.85. The van der Waals surface area contributed by atoms with Crippen molar-refractivity contribution in [1.82, 2.24) is 0 Å². The normalized spacial score (nSPS) is 11.8. The van der Waals surface area contributed by atoms with Gasteiger partial charge in [-0.3, -0.25) is 0 Å². The number of benzene rings is 1. The highest BCUT2D eigenvalue weighted by atomic mass is 35.5. The maximum Gasteiger partial charge on any atom is 0.509 e. The van der Waals surface area contributed by atoms with Gasteiger partial charge in [-0.15, -0.1) is 17.1 Å². The molecule has 0 N–H and O–H groups in total. The van der Waals surface area contributed by atoms with Crippen molar-refractivity contribution in [2.24, 2.45) is 0 Å². The molecular formula is C7H5BClF4-. The molecule has 0 amide bonds. The van der Waals surface area contributed by atoms with Crippen LogP contribution in [-0.4, -0.2) is 6.98 Å². The predicted molar refractivity (Wildman–Crippen MR) is 44.7 cm³/mol. The van der Waals surface area contributed by atoms with Crippen molar-refractivity contribution in [3.8, 4) is 0 Å². The maximum atomic E-state index is 12.8. The highest BCUT2D eigenvalue weighted by Crippen LogP contribution is 2.13. The quantitative estimate of drug-likeness (QED) is 0.401. The summed E-state index contributed by atoms with van der Waals surface area (Å²) in [5.74, 6) is -1.04. The zero-order valence-electron chi connectivity index (χ0n) is 6.41. The SMILES string of the molecule is Fc1cc([B-](F)(F)F)ccc1CCl. The zero-order valence-corrected chi connectivity index (χ0v) is 7.16. The summed E-state index contributed by atoms with van der Waals surface area (Å²) in [5, 5.41) is 0. The van der Waals surface area contributed by atoms with Gasteiger partial charge in [0.1, 0.15) is 5.82 Å². The third kappa shape index (κ3) is 2.37. The average Bonchev–Trinajstić information content (AvgIpc) is 2.02. The molecule has 0 unspecified atom stereocenters. The predicted octanol–water partition coefficient (Wildman–Crippen LogP) is 2.62. The summed E-state index contributed by atoms with van der Waals surface area (Å²) in [4.78, 5) is 0. The molecule has 0 saturated heterocycles. The lowest BCUT2D eigenvalue weighted by Gasteiger charge is -2.15. The Hall–Kier alpha value is -0.705. The fourth-order valence-corrected chi connectivity index (χ4v) is 1.09. The summed E-state index contributed by atoms with van der Waals surface area (Å²) < 4.78 is 49.0. The summed E-state index contributed by atoms with van der Waals surface area (Å²) in [6, 6.07) is 2.35. The van der Waals surface area contributed by atoms with Crippen molar-refractivity contribution in [3.05, 3.63) is 29.6 Å². The molecule has 0 heterocycles. The first-order chi connectivity index (χ1) is 5.95. The van der Waals surface area contributed by atoms with Gasteiger partial charge in [0.25, 0.3) is 0 Å². The first-order valence-corrected chi connectivity index (χ1v) is 4.03. The van der Waals surface area contributed by atoms with Crippen molar-refractivity contribution in [1.29, 1.82) is 0 Å². The molecule has 13 heavy (non-hydrogen) atoms. The van der Waals surface area contributed by atoms with E-state index in [1.54, 1.807) is 0 Å². The minimum Gasteiger partial charge on any atom is -0.445 e. The van der Waals surface area contributed by atoms with Crippen molar-refractivity contribution in [2.45, 2.75) is 5.88 Å². The third-order valence-corrected chi connectivity index (χ3v) is 1.89. The Morgan fingerprint density at radius 3 is 2.23 bits per heavy atom. The van der Waals surface area contributed by atoms with Gasteiger partial charge >= 0.3 is 6.98 Å². The van der Waals surface area contributed by atoms with Crippen LogP contribution in [0.25, 0.3) is 0 Å². The summed E-state index contributed by atoms with van der Waals surface area (Å²) in [6.07, 6.45) is 0. The summed E-state index contributed by atoms with van der Waals surface area (Å²) in [6.45, 7) is -5.13. The zero-order chi connectivity index (χ0) is 10.1. The second-order valence-electron chi connectivity index (χ2n) is 2.56. The Morgan fingerprint density at radius 1 is 1.23 bits per heavy atom. The Labute approximate surface area is 77.6 Å². The molecule has 0 atom stereocenters. The van der Waals surface area contributed by atoms with Crippen molar-refractivity contribution >= 4 is 24.0 Å². The summed E-state index contributed by atoms with van der Waals surface area (Å²) in [5.41, 5.74) is -0.864. The molecule has 0 aromatic heterocycles. The molecule has 1 aromatic carbocycles. The van der Waals surface area contributed by atoms with Gasteiger partial charge in [-0.05, 0) is 0 Å². The summed E-state index contributed by atoms with van der Waals surface area (Å²) >= 11 is 5.28. The van der Waals surface area contributed by atoms with Gasteiger partial charge in [0.05, 0.1) is 5.88 Å². The van der Waals surface area contributed by atoms with Gasteiger partial charge in [0.2, 0.25) is 0 Å². The summed E-state index contributed by atoms with van der Waals surface area (Å²) in [7, 11) is 0. The van der Waals surface area contributed by atoms with E-state index < -0.39 is 18.3 Å². The molecule has 1 rings (SSSR count). The standard InChI is InChI=1S/C7H5BClF4/c9-4-5-1-2-6(3-7(5)10)8(11,12)13/h1-3H,4H2/q-1. The van der Waals surface area contributed by atoms with E-state index in [0.29, 0.717) is 6.07 Å². The maximum absolute atomic E-state index is 12.8. The lowest BCUT2D eigenvalue weighted by atomic mass is 9.80. The van der Waals surface area contributed by atoms with Gasteiger partial charge < -0.3 is 12.9 Å². The van der Waals surface area contributed by atoms with Crippen LogP contribution in [0.1, 0.15) is 5.56 Å². The highest BCUT2D eigenvalue weighted by Gasteiger charge is 2.26. The second-order valence-corrected chi connectivity index (χ2v) is 2.83.